The predicted molar refractivity (Wildman–Crippen MR) is 107 cm³/mol. The molecule has 2 aromatic rings. The molecule has 4 rings (SSSR count). The van der Waals surface area contributed by atoms with Gasteiger partial charge in [0.1, 0.15) is 12.4 Å². The maximum atomic E-state index is 13.9. The molecule has 0 unspecified atom stereocenters. The summed E-state index contributed by atoms with van der Waals surface area (Å²) < 4.78 is 13.9. The number of hydrogen-bond acceptors (Lipinski definition) is 5. The number of carbonyl (C=O) groups is 3. The van der Waals surface area contributed by atoms with Crippen LogP contribution in [0, 0.1) is 5.82 Å². The molecule has 0 bridgehead atoms. The molecule has 1 saturated heterocycles. The Morgan fingerprint density at radius 2 is 1.69 bits per heavy atom. The third-order valence-electron chi connectivity index (χ3n) is 5.27. The Morgan fingerprint density at radius 3 is 2.34 bits per heavy atom. The number of nitrogens with zero attached hydrogens (tertiary/aromatic N) is 3. The number of anilines is 2. The molecule has 1 fully saturated rings. The number of hydrogen-bond donors (Lipinski definition) is 1. The number of amides is 3. The number of halogens is 1. The topological polar surface area (TPSA) is 73.0 Å². The monoisotopic (exact) mass is 396 g/mol. The summed E-state index contributed by atoms with van der Waals surface area (Å²) in [6, 6.07) is 11.3. The van der Waals surface area contributed by atoms with Crippen molar-refractivity contribution in [1.29, 1.82) is 0 Å². The lowest BCUT2D eigenvalue weighted by atomic mass is 10.1. The molecule has 2 aliphatic heterocycles. The molecule has 8 heteroatoms. The van der Waals surface area contributed by atoms with Crippen LogP contribution in [-0.4, -0.2) is 67.3 Å². The third kappa shape index (κ3) is 3.71. The highest BCUT2D eigenvalue weighted by Gasteiger charge is 2.38. The van der Waals surface area contributed by atoms with Crippen LogP contribution in [0.1, 0.15) is 20.7 Å². The largest absolute Gasteiger partial charge is 0.369 e. The summed E-state index contributed by atoms with van der Waals surface area (Å²) in [5.41, 5.74) is 1.35. The Morgan fingerprint density at radius 1 is 1.00 bits per heavy atom. The van der Waals surface area contributed by atoms with Crippen molar-refractivity contribution in [3.8, 4) is 0 Å². The molecule has 0 radical (unpaired) electrons. The molecule has 2 heterocycles. The van der Waals surface area contributed by atoms with Crippen LogP contribution in [0.2, 0.25) is 0 Å². The summed E-state index contributed by atoms with van der Waals surface area (Å²) >= 11 is 0. The SMILES string of the molecule is CN1CCN(c2ccc(NC(=O)CN3C(=O)c4cccc(F)c4C3=O)cc2)CC1. The smallest absolute Gasteiger partial charge is 0.265 e. The van der Waals surface area contributed by atoms with Crippen molar-refractivity contribution in [2.24, 2.45) is 0 Å². The zero-order chi connectivity index (χ0) is 20.5. The van der Waals surface area contributed by atoms with E-state index < -0.39 is 30.1 Å². The molecule has 3 amide bonds. The highest BCUT2D eigenvalue weighted by molar-refractivity contribution is 6.22. The quantitative estimate of drug-likeness (QED) is 0.798. The number of nitrogens with one attached hydrogen (secondary N) is 1. The first-order chi connectivity index (χ1) is 13.9. The Balaban J connectivity index is 1.38. The van der Waals surface area contributed by atoms with Gasteiger partial charge >= 0.3 is 0 Å². The maximum absolute atomic E-state index is 13.9. The van der Waals surface area contributed by atoms with Crippen molar-refractivity contribution in [2.45, 2.75) is 0 Å². The minimum atomic E-state index is -0.788. The third-order valence-corrected chi connectivity index (χ3v) is 5.27. The number of imide groups is 1. The summed E-state index contributed by atoms with van der Waals surface area (Å²) in [7, 11) is 2.10. The second-order valence-electron chi connectivity index (χ2n) is 7.24. The van der Waals surface area contributed by atoms with Gasteiger partial charge in [0.05, 0.1) is 11.1 Å². The van der Waals surface area contributed by atoms with Gasteiger partial charge in [0.2, 0.25) is 5.91 Å². The van der Waals surface area contributed by atoms with Gasteiger partial charge in [0.15, 0.2) is 0 Å². The minimum Gasteiger partial charge on any atom is -0.369 e. The van der Waals surface area contributed by atoms with Crippen molar-refractivity contribution in [3.63, 3.8) is 0 Å². The van der Waals surface area contributed by atoms with E-state index in [0.29, 0.717) is 5.69 Å². The van der Waals surface area contributed by atoms with Crippen LogP contribution in [0.5, 0.6) is 0 Å². The van der Waals surface area contributed by atoms with Crippen LogP contribution in [0.15, 0.2) is 42.5 Å². The number of benzene rings is 2. The Bertz CT molecular complexity index is 968. The van der Waals surface area contributed by atoms with E-state index in [2.05, 4.69) is 22.2 Å². The average molecular weight is 396 g/mol. The first kappa shape index (κ1) is 19.1. The molecule has 150 valence electrons. The van der Waals surface area contributed by atoms with Crippen LogP contribution >= 0.6 is 0 Å². The van der Waals surface area contributed by atoms with E-state index in [1.807, 2.05) is 12.1 Å². The van der Waals surface area contributed by atoms with Gasteiger partial charge in [-0.1, -0.05) is 6.07 Å². The van der Waals surface area contributed by atoms with Gasteiger partial charge in [-0.05, 0) is 43.4 Å². The number of likely N-dealkylation sites (N-methyl/N-ethyl adjacent to an activating group) is 1. The van der Waals surface area contributed by atoms with Crippen LogP contribution in [0.3, 0.4) is 0 Å². The van der Waals surface area contributed by atoms with Crippen molar-refractivity contribution in [3.05, 3.63) is 59.4 Å². The normalized spacial score (nSPS) is 16.9. The molecular formula is C21H21FN4O3. The van der Waals surface area contributed by atoms with Crippen LogP contribution in [0.4, 0.5) is 15.8 Å². The number of piperazine rings is 1. The van der Waals surface area contributed by atoms with Crippen molar-refractivity contribution < 1.29 is 18.8 Å². The standard InChI is InChI=1S/C21H21FN4O3/c1-24-9-11-25(12-10-24)15-7-5-14(6-8-15)23-18(27)13-26-20(28)16-3-2-4-17(22)19(16)21(26)29/h2-8H,9-13H2,1H3,(H,23,27). The average Bonchev–Trinajstić information content (AvgIpc) is 2.95. The summed E-state index contributed by atoms with van der Waals surface area (Å²) in [5.74, 6) is -2.73. The molecule has 2 aliphatic rings. The van der Waals surface area contributed by atoms with E-state index in [1.54, 1.807) is 12.1 Å². The molecule has 0 aromatic heterocycles. The molecule has 0 saturated carbocycles. The van der Waals surface area contributed by atoms with E-state index >= 15 is 0 Å². The van der Waals surface area contributed by atoms with E-state index in [1.165, 1.54) is 12.1 Å². The van der Waals surface area contributed by atoms with Gasteiger partial charge in [0, 0.05) is 37.6 Å². The zero-order valence-corrected chi connectivity index (χ0v) is 16.0. The first-order valence-electron chi connectivity index (χ1n) is 9.42. The van der Waals surface area contributed by atoms with Crippen molar-refractivity contribution in [2.75, 3.05) is 50.0 Å². The molecule has 1 N–H and O–H groups in total. The zero-order valence-electron chi connectivity index (χ0n) is 16.0. The highest BCUT2D eigenvalue weighted by Crippen LogP contribution is 2.25. The summed E-state index contributed by atoms with van der Waals surface area (Å²) in [5, 5.41) is 2.68. The molecule has 0 aliphatic carbocycles. The van der Waals surface area contributed by atoms with E-state index in [0.717, 1.165) is 42.8 Å². The fourth-order valence-electron chi connectivity index (χ4n) is 3.60. The molecule has 0 spiro atoms. The van der Waals surface area contributed by atoms with Gasteiger partial charge in [-0.15, -0.1) is 0 Å². The Kier molecular flexibility index (Phi) is 5.02. The molecule has 29 heavy (non-hydrogen) atoms. The Labute approximate surface area is 167 Å². The van der Waals surface area contributed by atoms with Gasteiger partial charge in [-0.2, -0.15) is 0 Å². The number of carbonyl (C=O) groups excluding carboxylic acids is 3. The number of fused-ring (bicyclic) bond motifs is 1. The first-order valence-corrected chi connectivity index (χ1v) is 9.42. The van der Waals surface area contributed by atoms with Gasteiger partial charge in [0.25, 0.3) is 11.8 Å². The van der Waals surface area contributed by atoms with Crippen LogP contribution in [0.25, 0.3) is 0 Å². The summed E-state index contributed by atoms with van der Waals surface area (Å²) in [6.45, 7) is 3.42. The highest BCUT2D eigenvalue weighted by atomic mass is 19.1. The van der Waals surface area contributed by atoms with Crippen molar-refractivity contribution >= 4 is 29.1 Å². The van der Waals surface area contributed by atoms with E-state index in [9.17, 15) is 18.8 Å². The van der Waals surface area contributed by atoms with E-state index in [-0.39, 0.29) is 11.1 Å². The van der Waals surface area contributed by atoms with Crippen LogP contribution < -0.4 is 10.2 Å². The van der Waals surface area contributed by atoms with E-state index in [4.69, 9.17) is 0 Å². The van der Waals surface area contributed by atoms with Gasteiger partial charge in [-0.25, -0.2) is 4.39 Å². The summed E-state index contributed by atoms with van der Waals surface area (Å²) in [6.07, 6.45) is 0. The maximum Gasteiger partial charge on any atom is 0.265 e. The lowest BCUT2D eigenvalue weighted by Gasteiger charge is -2.34. The second-order valence-corrected chi connectivity index (χ2v) is 7.24. The Hall–Kier alpha value is -3.26. The fourth-order valence-corrected chi connectivity index (χ4v) is 3.60. The molecule has 7 nitrogen and oxygen atoms in total. The lowest BCUT2D eigenvalue weighted by molar-refractivity contribution is -0.116. The predicted octanol–water partition coefficient (Wildman–Crippen LogP) is 1.81. The number of rotatable bonds is 4. The second kappa shape index (κ2) is 7.63. The van der Waals surface area contributed by atoms with Crippen molar-refractivity contribution in [1.82, 2.24) is 9.80 Å². The fraction of sp³-hybridized carbons (Fsp3) is 0.286. The summed E-state index contributed by atoms with van der Waals surface area (Å²) in [4.78, 5) is 42.3. The molecule has 2 aromatic carbocycles. The van der Waals surface area contributed by atoms with Crippen LogP contribution in [-0.2, 0) is 4.79 Å². The molecular weight excluding hydrogens is 375 g/mol. The van der Waals surface area contributed by atoms with Gasteiger partial charge < -0.3 is 15.1 Å². The van der Waals surface area contributed by atoms with Gasteiger partial charge in [-0.3, -0.25) is 19.3 Å². The molecule has 0 atom stereocenters. The minimum absolute atomic E-state index is 0.0145. The lowest BCUT2D eigenvalue weighted by Crippen LogP contribution is -2.44.